The van der Waals surface area contributed by atoms with E-state index in [2.05, 4.69) is 12.2 Å². The fraction of sp³-hybridized carbons (Fsp3) is 0.240. The molecule has 1 N–H and O–H groups in total. The summed E-state index contributed by atoms with van der Waals surface area (Å²) in [4.78, 5) is 12.7. The van der Waals surface area contributed by atoms with Crippen LogP contribution in [0.3, 0.4) is 0 Å². The number of nitrogens with one attached hydrogen (secondary N) is 1. The molecule has 0 unspecified atom stereocenters. The molecule has 0 aliphatic carbocycles. The molecule has 0 saturated carbocycles. The minimum absolute atomic E-state index is 0.188. The molecule has 0 radical (unpaired) electrons. The van der Waals surface area contributed by atoms with Gasteiger partial charge in [-0.15, -0.1) is 0 Å². The van der Waals surface area contributed by atoms with Crippen LogP contribution in [0.25, 0.3) is 0 Å². The highest BCUT2D eigenvalue weighted by atomic mass is 16.5. The summed E-state index contributed by atoms with van der Waals surface area (Å²) in [5.41, 5.74) is 2.11. The molecule has 0 aliphatic heterocycles. The number of carbonyl (C=O) groups excluding carboxylic acids is 1. The number of hydrogen-bond donors (Lipinski definition) is 1. The lowest BCUT2D eigenvalue weighted by Crippen LogP contribution is -2.13. The first kappa shape index (κ1) is 21.4. The molecule has 0 heterocycles. The van der Waals surface area contributed by atoms with Crippen molar-refractivity contribution in [3.05, 3.63) is 83.9 Å². The monoisotopic (exact) mass is 405 g/mol. The van der Waals surface area contributed by atoms with E-state index in [0.717, 1.165) is 23.5 Å². The minimum atomic E-state index is -0.188. The molecule has 3 aromatic carbocycles. The Labute approximate surface area is 177 Å². The Morgan fingerprint density at radius 2 is 1.63 bits per heavy atom. The summed E-state index contributed by atoms with van der Waals surface area (Å²) in [5.74, 6) is 2.02. The molecule has 0 atom stereocenters. The number of amides is 1. The third-order valence-corrected chi connectivity index (χ3v) is 4.32. The molecule has 5 nitrogen and oxygen atoms in total. The third-order valence-electron chi connectivity index (χ3n) is 4.32. The molecule has 156 valence electrons. The van der Waals surface area contributed by atoms with E-state index >= 15 is 0 Å². The van der Waals surface area contributed by atoms with Crippen LogP contribution in [0.2, 0.25) is 0 Å². The van der Waals surface area contributed by atoms with Gasteiger partial charge in [0.2, 0.25) is 0 Å². The van der Waals surface area contributed by atoms with E-state index in [1.807, 2.05) is 73.7 Å². The third kappa shape index (κ3) is 6.09. The Hall–Kier alpha value is -3.31. The highest BCUT2D eigenvalue weighted by Gasteiger charge is 2.11. The van der Waals surface area contributed by atoms with Gasteiger partial charge in [-0.3, -0.25) is 4.79 Å². The molecular formula is C25H27NO4. The lowest BCUT2D eigenvalue weighted by Gasteiger charge is -2.13. The standard InChI is InChI=1S/C25H27NO4/c1-3-16-28-18-20-17-19(10-15-24(20)29-4-2)25(27)26-21-11-13-23(14-12-21)30-22-8-6-5-7-9-22/h5-15,17H,3-4,16,18H2,1-2H3,(H,26,27). The fourth-order valence-electron chi connectivity index (χ4n) is 2.89. The van der Waals surface area contributed by atoms with Gasteiger partial charge in [-0.1, -0.05) is 25.1 Å². The molecular weight excluding hydrogens is 378 g/mol. The van der Waals surface area contributed by atoms with Crippen LogP contribution in [-0.4, -0.2) is 19.1 Å². The summed E-state index contributed by atoms with van der Waals surface area (Å²) in [5, 5.41) is 2.92. The highest BCUT2D eigenvalue weighted by molar-refractivity contribution is 6.04. The Kier molecular flexibility index (Phi) is 7.86. The van der Waals surface area contributed by atoms with Gasteiger partial charge in [-0.05, 0) is 67.9 Å². The number of ether oxygens (including phenoxy) is 3. The predicted octanol–water partition coefficient (Wildman–Crippen LogP) is 6.06. The molecule has 3 aromatic rings. The summed E-state index contributed by atoms with van der Waals surface area (Å²) < 4.78 is 17.1. The van der Waals surface area contributed by atoms with Crippen LogP contribution in [0.15, 0.2) is 72.8 Å². The van der Waals surface area contributed by atoms with Crippen molar-refractivity contribution in [2.45, 2.75) is 26.9 Å². The van der Waals surface area contributed by atoms with Gasteiger partial charge in [-0.25, -0.2) is 0 Å². The number of anilines is 1. The molecule has 1 amide bonds. The van der Waals surface area contributed by atoms with Gasteiger partial charge in [0.25, 0.3) is 5.91 Å². The van der Waals surface area contributed by atoms with E-state index in [1.54, 1.807) is 6.07 Å². The first-order valence-corrected chi connectivity index (χ1v) is 10.2. The zero-order valence-corrected chi connectivity index (χ0v) is 17.4. The van der Waals surface area contributed by atoms with Crippen molar-refractivity contribution in [2.24, 2.45) is 0 Å². The molecule has 3 rings (SSSR count). The van der Waals surface area contributed by atoms with Gasteiger partial charge in [0.1, 0.15) is 17.2 Å². The normalized spacial score (nSPS) is 10.5. The van der Waals surface area contributed by atoms with Crippen molar-refractivity contribution in [1.82, 2.24) is 0 Å². The first-order valence-electron chi connectivity index (χ1n) is 10.2. The second-order valence-electron chi connectivity index (χ2n) is 6.70. The van der Waals surface area contributed by atoms with E-state index in [0.29, 0.717) is 36.8 Å². The molecule has 0 saturated heterocycles. The topological polar surface area (TPSA) is 56.8 Å². The van der Waals surface area contributed by atoms with E-state index < -0.39 is 0 Å². The van der Waals surface area contributed by atoms with Crippen LogP contribution in [-0.2, 0) is 11.3 Å². The highest BCUT2D eigenvalue weighted by Crippen LogP contribution is 2.24. The number of benzene rings is 3. The Bertz CT molecular complexity index is 939. The largest absolute Gasteiger partial charge is 0.494 e. The number of carbonyl (C=O) groups is 1. The predicted molar refractivity (Wildman–Crippen MR) is 118 cm³/mol. The van der Waals surface area contributed by atoms with Crippen LogP contribution >= 0.6 is 0 Å². The molecule has 0 aromatic heterocycles. The van der Waals surface area contributed by atoms with Crippen molar-refractivity contribution in [2.75, 3.05) is 18.5 Å². The van der Waals surface area contributed by atoms with Gasteiger partial charge < -0.3 is 19.5 Å². The zero-order valence-electron chi connectivity index (χ0n) is 17.4. The Balaban J connectivity index is 1.66. The molecule has 30 heavy (non-hydrogen) atoms. The maximum atomic E-state index is 12.7. The summed E-state index contributed by atoms with van der Waals surface area (Å²) in [6, 6.07) is 22.2. The van der Waals surface area contributed by atoms with Crippen LogP contribution < -0.4 is 14.8 Å². The minimum Gasteiger partial charge on any atom is -0.494 e. The number of rotatable bonds is 10. The van der Waals surface area contributed by atoms with Crippen molar-refractivity contribution in [3.8, 4) is 17.2 Å². The van der Waals surface area contributed by atoms with Crippen molar-refractivity contribution in [3.63, 3.8) is 0 Å². The summed E-state index contributed by atoms with van der Waals surface area (Å²) in [6.07, 6.45) is 0.939. The molecule has 0 aliphatic rings. The van der Waals surface area contributed by atoms with Gasteiger partial charge in [0, 0.05) is 23.4 Å². The lowest BCUT2D eigenvalue weighted by molar-refractivity contribution is 0.102. The van der Waals surface area contributed by atoms with Crippen molar-refractivity contribution < 1.29 is 19.0 Å². The summed E-state index contributed by atoms with van der Waals surface area (Å²) in [7, 11) is 0. The van der Waals surface area contributed by atoms with Crippen LogP contribution in [0.5, 0.6) is 17.2 Å². The molecule has 5 heteroatoms. The Morgan fingerprint density at radius 1 is 0.900 bits per heavy atom. The summed E-state index contributed by atoms with van der Waals surface area (Å²) in [6.45, 7) is 5.63. The first-order chi connectivity index (χ1) is 14.7. The smallest absolute Gasteiger partial charge is 0.255 e. The van der Waals surface area contributed by atoms with Gasteiger partial charge in [0.15, 0.2) is 0 Å². The quantitative estimate of drug-likeness (QED) is 0.417. The van der Waals surface area contributed by atoms with Crippen LogP contribution in [0.4, 0.5) is 5.69 Å². The molecule has 0 fully saturated rings. The van der Waals surface area contributed by atoms with Crippen LogP contribution in [0.1, 0.15) is 36.2 Å². The van der Waals surface area contributed by atoms with Crippen LogP contribution in [0, 0.1) is 0 Å². The van der Waals surface area contributed by atoms with E-state index in [1.165, 1.54) is 0 Å². The Morgan fingerprint density at radius 3 is 2.33 bits per heavy atom. The van der Waals surface area contributed by atoms with E-state index in [4.69, 9.17) is 14.2 Å². The van der Waals surface area contributed by atoms with E-state index in [-0.39, 0.29) is 5.91 Å². The summed E-state index contributed by atoms with van der Waals surface area (Å²) >= 11 is 0. The second-order valence-corrected chi connectivity index (χ2v) is 6.70. The van der Waals surface area contributed by atoms with Gasteiger partial charge >= 0.3 is 0 Å². The average molecular weight is 405 g/mol. The second kappa shape index (κ2) is 11.0. The average Bonchev–Trinajstić information content (AvgIpc) is 2.77. The maximum Gasteiger partial charge on any atom is 0.255 e. The van der Waals surface area contributed by atoms with Crippen molar-refractivity contribution in [1.29, 1.82) is 0 Å². The molecule has 0 bridgehead atoms. The number of hydrogen-bond acceptors (Lipinski definition) is 4. The maximum absolute atomic E-state index is 12.7. The SMILES string of the molecule is CCCOCc1cc(C(=O)Nc2ccc(Oc3ccccc3)cc2)ccc1OCC. The van der Waals surface area contributed by atoms with Gasteiger partial charge in [-0.2, -0.15) is 0 Å². The van der Waals surface area contributed by atoms with Gasteiger partial charge in [0.05, 0.1) is 13.2 Å². The van der Waals surface area contributed by atoms with E-state index in [9.17, 15) is 4.79 Å². The molecule has 0 spiro atoms. The lowest BCUT2D eigenvalue weighted by atomic mass is 10.1. The zero-order chi connectivity index (χ0) is 21.2. The van der Waals surface area contributed by atoms with Crippen molar-refractivity contribution >= 4 is 11.6 Å². The number of para-hydroxylation sites is 1. The fourth-order valence-corrected chi connectivity index (χ4v) is 2.89.